The first-order valence-electron chi connectivity index (χ1n) is 10.8. The highest BCUT2D eigenvalue weighted by Gasteiger charge is 2.29. The van der Waals surface area contributed by atoms with E-state index in [0.717, 1.165) is 28.3 Å². The Balaban J connectivity index is 1.42. The van der Waals surface area contributed by atoms with Crippen molar-refractivity contribution < 1.29 is 26.4 Å². The Bertz CT molecular complexity index is 1210. The minimum absolute atomic E-state index is 0.196. The lowest BCUT2D eigenvalue weighted by atomic mass is 10.1. The monoisotopic (exact) mass is 525 g/mol. The van der Waals surface area contributed by atoms with Crippen molar-refractivity contribution in [2.24, 2.45) is 0 Å². The molecule has 0 saturated heterocycles. The zero-order valence-corrected chi connectivity index (χ0v) is 20.6. The first kappa shape index (κ1) is 26.9. The summed E-state index contributed by atoms with van der Waals surface area (Å²) in [6.07, 6.45) is -3.83. The fourth-order valence-corrected chi connectivity index (χ4v) is 5.91. The van der Waals surface area contributed by atoms with E-state index in [1.165, 1.54) is 29.6 Å². The van der Waals surface area contributed by atoms with Crippen molar-refractivity contribution in [2.45, 2.75) is 29.9 Å². The molecule has 0 aliphatic rings. The molecule has 0 spiro atoms. The zero-order chi connectivity index (χ0) is 25.5. The maximum absolute atomic E-state index is 12.8. The quantitative estimate of drug-likeness (QED) is 0.362. The van der Waals surface area contributed by atoms with Crippen molar-refractivity contribution in [1.29, 1.82) is 0 Å². The molecule has 0 atom stereocenters. The number of carbonyl (C=O) groups excluding carboxylic acids is 1. The number of halogens is 3. The molecule has 6 nitrogen and oxygen atoms in total. The minimum atomic E-state index is -4.36. The predicted molar refractivity (Wildman–Crippen MR) is 130 cm³/mol. The van der Waals surface area contributed by atoms with E-state index in [1.807, 2.05) is 6.07 Å². The lowest BCUT2D eigenvalue weighted by molar-refractivity contribution is -0.137. The maximum atomic E-state index is 12.8. The van der Waals surface area contributed by atoms with Gasteiger partial charge >= 0.3 is 6.18 Å². The Hall–Kier alpha value is -2.73. The largest absolute Gasteiger partial charge is 0.416 e. The van der Waals surface area contributed by atoms with Crippen LogP contribution in [0.25, 0.3) is 0 Å². The van der Waals surface area contributed by atoms with E-state index in [1.54, 1.807) is 30.3 Å². The van der Waals surface area contributed by atoms with Crippen LogP contribution in [-0.4, -0.2) is 38.8 Å². The summed E-state index contributed by atoms with van der Waals surface area (Å²) < 4.78 is 65.0. The van der Waals surface area contributed by atoms with Gasteiger partial charge in [0.15, 0.2) is 0 Å². The van der Waals surface area contributed by atoms with E-state index in [4.69, 9.17) is 0 Å². The second kappa shape index (κ2) is 11.8. The SMILES string of the molecule is CN(CCCNCc1ccc(C(F)(F)F)cc1)S(=O)(=O)c1ccc(CNC(=O)c2ccccc2)s1. The van der Waals surface area contributed by atoms with Crippen LogP contribution in [0.2, 0.25) is 0 Å². The maximum Gasteiger partial charge on any atom is 0.416 e. The average Bonchev–Trinajstić information content (AvgIpc) is 3.32. The van der Waals surface area contributed by atoms with Gasteiger partial charge in [0.05, 0.1) is 12.1 Å². The van der Waals surface area contributed by atoms with E-state index < -0.39 is 21.8 Å². The molecule has 11 heteroatoms. The molecule has 0 saturated carbocycles. The van der Waals surface area contributed by atoms with Gasteiger partial charge in [0.25, 0.3) is 15.9 Å². The van der Waals surface area contributed by atoms with Crippen molar-refractivity contribution in [3.63, 3.8) is 0 Å². The first-order valence-corrected chi connectivity index (χ1v) is 13.1. The van der Waals surface area contributed by atoms with Gasteiger partial charge in [-0.1, -0.05) is 30.3 Å². The van der Waals surface area contributed by atoms with Gasteiger partial charge in [0.1, 0.15) is 4.21 Å². The topological polar surface area (TPSA) is 78.5 Å². The smallest absolute Gasteiger partial charge is 0.347 e. The van der Waals surface area contributed by atoms with E-state index >= 15 is 0 Å². The van der Waals surface area contributed by atoms with E-state index in [-0.39, 0.29) is 23.2 Å². The highest BCUT2D eigenvalue weighted by atomic mass is 32.2. The van der Waals surface area contributed by atoms with Crippen LogP contribution in [0.4, 0.5) is 13.2 Å². The molecular formula is C24H26F3N3O3S2. The number of carbonyl (C=O) groups is 1. The van der Waals surface area contributed by atoms with Gasteiger partial charge < -0.3 is 10.6 Å². The molecule has 0 fully saturated rings. The van der Waals surface area contributed by atoms with Crippen molar-refractivity contribution in [2.75, 3.05) is 20.1 Å². The third-order valence-electron chi connectivity index (χ3n) is 5.20. The second-order valence-corrected chi connectivity index (χ2v) is 11.3. The van der Waals surface area contributed by atoms with E-state index in [2.05, 4.69) is 10.6 Å². The molecule has 188 valence electrons. The number of amides is 1. The lowest BCUT2D eigenvalue weighted by Crippen LogP contribution is -2.29. The van der Waals surface area contributed by atoms with E-state index in [9.17, 15) is 26.4 Å². The van der Waals surface area contributed by atoms with Crippen molar-refractivity contribution in [1.82, 2.24) is 14.9 Å². The second-order valence-electron chi connectivity index (χ2n) is 7.82. The van der Waals surface area contributed by atoms with Gasteiger partial charge in [-0.25, -0.2) is 12.7 Å². The molecule has 0 aliphatic heterocycles. The summed E-state index contributed by atoms with van der Waals surface area (Å²) in [5.41, 5.74) is 0.552. The molecule has 1 aromatic heterocycles. The van der Waals surface area contributed by atoms with E-state index in [0.29, 0.717) is 30.6 Å². The Morgan fingerprint density at radius 3 is 2.31 bits per heavy atom. The molecule has 0 bridgehead atoms. The van der Waals surface area contributed by atoms with Gasteiger partial charge in [-0.2, -0.15) is 13.2 Å². The number of nitrogens with one attached hydrogen (secondary N) is 2. The molecule has 35 heavy (non-hydrogen) atoms. The Morgan fingerprint density at radius 2 is 1.66 bits per heavy atom. The number of nitrogens with zero attached hydrogens (tertiary/aromatic N) is 1. The summed E-state index contributed by atoms with van der Waals surface area (Å²) in [4.78, 5) is 12.9. The number of benzene rings is 2. The molecule has 3 rings (SSSR count). The summed E-state index contributed by atoms with van der Waals surface area (Å²) in [7, 11) is -2.16. The molecule has 0 aliphatic carbocycles. The van der Waals surface area contributed by atoms with Gasteiger partial charge in [-0.15, -0.1) is 11.3 Å². The van der Waals surface area contributed by atoms with Crippen LogP contribution in [0.3, 0.4) is 0 Å². The number of thiophene rings is 1. The normalized spacial score (nSPS) is 12.1. The molecule has 1 heterocycles. The lowest BCUT2D eigenvalue weighted by Gasteiger charge is -2.16. The Labute approximate surface area is 206 Å². The van der Waals surface area contributed by atoms with Crippen LogP contribution in [0.15, 0.2) is 70.9 Å². The summed E-state index contributed by atoms with van der Waals surface area (Å²) in [5.74, 6) is -0.232. The molecule has 2 N–H and O–H groups in total. The zero-order valence-electron chi connectivity index (χ0n) is 19.0. The third kappa shape index (κ3) is 7.63. The van der Waals surface area contributed by atoms with Crippen LogP contribution in [-0.2, 0) is 29.3 Å². The number of sulfonamides is 1. The van der Waals surface area contributed by atoms with Gasteiger partial charge in [-0.3, -0.25) is 4.79 Å². The highest BCUT2D eigenvalue weighted by molar-refractivity contribution is 7.91. The van der Waals surface area contributed by atoms with Crippen LogP contribution < -0.4 is 10.6 Å². The number of hydrogen-bond donors (Lipinski definition) is 2. The minimum Gasteiger partial charge on any atom is -0.347 e. The number of alkyl halides is 3. The van der Waals surface area contributed by atoms with Gasteiger partial charge in [0, 0.05) is 30.6 Å². The van der Waals surface area contributed by atoms with Gasteiger partial charge in [-0.05, 0) is 54.9 Å². The number of hydrogen-bond acceptors (Lipinski definition) is 5. The fraction of sp³-hybridized carbons (Fsp3) is 0.292. The molecule has 2 aromatic carbocycles. The van der Waals surface area contributed by atoms with Crippen LogP contribution in [0.1, 0.15) is 32.8 Å². The molecule has 1 amide bonds. The Morgan fingerprint density at radius 1 is 0.971 bits per heavy atom. The van der Waals surface area contributed by atoms with Crippen molar-refractivity contribution in [3.8, 4) is 0 Å². The molecular weight excluding hydrogens is 499 g/mol. The van der Waals surface area contributed by atoms with Crippen LogP contribution in [0, 0.1) is 0 Å². The third-order valence-corrected chi connectivity index (χ3v) is 8.61. The fourth-order valence-electron chi connectivity index (χ4n) is 3.20. The molecule has 0 radical (unpaired) electrons. The standard InChI is InChI=1S/C24H26F3N3O3S2/c1-30(15-5-14-28-16-18-8-10-20(11-9-18)24(25,26)27)35(32,33)22-13-12-21(34-22)17-29-23(31)19-6-3-2-4-7-19/h2-4,6-13,28H,5,14-17H2,1H3,(H,29,31). The molecule has 0 unspecified atom stereocenters. The highest BCUT2D eigenvalue weighted by Crippen LogP contribution is 2.29. The summed E-state index contributed by atoms with van der Waals surface area (Å²) in [5, 5.41) is 5.89. The van der Waals surface area contributed by atoms with Crippen LogP contribution >= 0.6 is 11.3 Å². The van der Waals surface area contributed by atoms with Crippen LogP contribution in [0.5, 0.6) is 0 Å². The Kier molecular flexibility index (Phi) is 9.06. The summed E-state index contributed by atoms with van der Waals surface area (Å²) >= 11 is 1.11. The first-order chi connectivity index (χ1) is 16.6. The number of rotatable bonds is 11. The summed E-state index contributed by atoms with van der Waals surface area (Å²) in [6, 6.07) is 16.9. The predicted octanol–water partition coefficient (Wildman–Crippen LogP) is 4.50. The van der Waals surface area contributed by atoms with Gasteiger partial charge in [0.2, 0.25) is 0 Å². The van der Waals surface area contributed by atoms with Crippen molar-refractivity contribution >= 4 is 27.3 Å². The molecule has 3 aromatic rings. The average molecular weight is 526 g/mol. The summed E-state index contributed by atoms with van der Waals surface area (Å²) in [6.45, 7) is 1.39. The van der Waals surface area contributed by atoms with Crippen molar-refractivity contribution in [3.05, 3.63) is 88.3 Å².